The number of carbonyl (C=O) groups excluding carboxylic acids is 1. The monoisotopic (exact) mass is 293 g/mol. The lowest BCUT2D eigenvalue weighted by Gasteiger charge is -2.14. The molecule has 1 atom stereocenters. The number of carbonyl (C=O) groups is 1. The van der Waals surface area contributed by atoms with Crippen molar-refractivity contribution in [1.82, 2.24) is 10.4 Å². The molecule has 19 heavy (non-hydrogen) atoms. The third kappa shape index (κ3) is 3.70. The Morgan fingerprint density at radius 1 is 1.26 bits per heavy atom. The van der Waals surface area contributed by atoms with E-state index in [1.54, 1.807) is 18.3 Å². The molecular weight excluding hydrogens is 282 g/mol. The predicted octanol–water partition coefficient (Wildman–Crippen LogP) is 2.56. The Morgan fingerprint density at radius 2 is 2.00 bits per heavy atom. The third-order valence-electron chi connectivity index (χ3n) is 2.42. The molecule has 0 saturated heterocycles. The van der Waals surface area contributed by atoms with Gasteiger partial charge in [-0.2, -0.15) is 0 Å². The molecule has 0 aliphatic heterocycles. The Labute approximate surface area is 120 Å². The van der Waals surface area contributed by atoms with Crippen molar-refractivity contribution in [3.63, 3.8) is 0 Å². The molecule has 98 valence electrons. The lowest BCUT2D eigenvalue weighted by atomic mass is 10.1. The minimum Gasteiger partial charge on any atom is -0.293 e. The summed E-state index contributed by atoms with van der Waals surface area (Å²) in [5, 5.41) is 0.825. The van der Waals surface area contributed by atoms with Crippen LogP contribution >= 0.6 is 23.4 Å². The van der Waals surface area contributed by atoms with Gasteiger partial charge in [0, 0.05) is 6.20 Å². The maximum absolute atomic E-state index is 11.9. The number of pyridine rings is 1. The average Bonchev–Trinajstić information content (AvgIpc) is 2.47. The molecule has 1 amide bonds. The number of aromatic nitrogens is 1. The van der Waals surface area contributed by atoms with Crippen molar-refractivity contribution in [3.8, 4) is 0 Å². The van der Waals surface area contributed by atoms with Gasteiger partial charge in [-0.25, -0.2) is 10.8 Å². The van der Waals surface area contributed by atoms with Crippen LogP contribution in [0.25, 0.3) is 0 Å². The highest BCUT2D eigenvalue weighted by Crippen LogP contribution is 2.34. The molecule has 0 bridgehead atoms. The molecule has 0 aliphatic rings. The van der Waals surface area contributed by atoms with E-state index >= 15 is 0 Å². The van der Waals surface area contributed by atoms with Crippen LogP contribution in [0.3, 0.4) is 0 Å². The summed E-state index contributed by atoms with van der Waals surface area (Å²) < 4.78 is 0. The summed E-state index contributed by atoms with van der Waals surface area (Å²) in [4.78, 5) is 16.0. The van der Waals surface area contributed by atoms with E-state index in [4.69, 9.17) is 17.4 Å². The Balaban J connectivity index is 2.24. The fraction of sp³-hybridized carbons (Fsp3) is 0.0769. The van der Waals surface area contributed by atoms with E-state index in [0.29, 0.717) is 10.0 Å². The van der Waals surface area contributed by atoms with Crippen LogP contribution in [0.15, 0.2) is 53.7 Å². The maximum Gasteiger partial charge on any atom is 0.251 e. The van der Waals surface area contributed by atoms with Gasteiger partial charge in [0.25, 0.3) is 5.91 Å². The SMILES string of the molecule is NNC(=O)C(Sc1ccc(Cl)cn1)c1ccccc1. The Hall–Kier alpha value is -1.56. The fourth-order valence-corrected chi connectivity index (χ4v) is 2.61. The minimum atomic E-state index is -0.445. The number of hydrogen-bond acceptors (Lipinski definition) is 4. The van der Waals surface area contributed by atoms with Crippen LogP contribution in [-0.2, 0) is 4.79 Å². The molecule has 2 aromatic rings. The van der Waals surface area contributed by atoms with Gasteiger partial charge in [-0.05, 0) is 17.7 Å². The van der Waals surface area contributed by atoms with Crippen molar-refractivity contribution in [2.24, 2.45) is 5.84 Å². The summed E-state index contributed by atoms with van der Waals surface area (Å²) in [7, 11) is 0. The fourth-order valence-electron chi connectivity index (χ4n) is 1.53. The van der Waals surface area contributed by atoms with Crippen molar-refractivity contribution in [2.45, 2.75) is 10.3 Å². The first-order valence-corrected chi connectivity index (χ1v) is 6.80. The van der Waals surface area contributed by atoms with E-state index in [-0.39, 0.29) is 5.91 Å². The second-order valence-corrected chi connectivity index (χ2v) is 5.29. The number of thioether (sulfide) groups is 1. The normalized spacial score (nSPS) is 11.9. The van der Waals surface area contributed by atoms with Crippen molar-refractivity contribution < 1.29 is 4.79 Å². The van der Waals surface area contributed by atoms with Crippen LogP contribution in [0, 0.1) is 0 Å². The molecule has 0 fully saturated rings. The summed E-state index contributed by atoms with van der Waals surface area (Å²) in [6.07, 6.45) is 1.55. The Bertz CT molecular complexity index is 548. The number of hydrogen-bond donors (Lipinski definition) is 2. The van der Waals surface area contributed by atoms with Crippen molar-refractivity contribution in [3.05, 3.63) is 59.2 Å². The zero-order valence-electron chi connectivity index (χ0n) is 9.92. The van der Waals surface area contributed by atoms with Gasteiger partial charge in [0.2, 0.25) is 0 Å². The molecule has 0 aliphatic carbocycles. The van der Waals surface area contributed by atoms with Crippen LogP contribution in [0.5, 0.6) is 0 Å². The van der Waals surface area contributed by atoms with E-state index in [9.17, 15) is 4.79 Å². The highest BCUT2D eigenvalue weighted by molar-refractivity contribution is 8.00. The number of benzene rings is 1. The van der Waals surface area contributed by atoms with Crippen LogP contribution in [0.4, 0.5) is 0 Å². The first-order chi connectivity index (χ1) is 9.20. The largest absolute Gasteiger partial charge is 0.293 e. The number of halogens is 1. The van der Waals surface area contributed by atoms with Gasteiger partial charge in [0.1, 0.15) is 5.25 Å². The van der Waals surface area contributed by atoms with Gasteiger partial charge in [0.15, 0.2) is 0 Å². The minimum absolute atomic E-state index is 0.270. The van der Waals surface area contributed by atoms with Crippen molar-refractivity contribution >= 4 is 29.3 Å². The molecule has 1 heterocycles. The molecule has 1 aromatic carbocycles. The Morgan fingerprint density at radius 3 is 2.58 bits per heavy atom. The summed E-state index contributed by atoms with van der Waals surface area (Å²) in [5.41, 5.74) is 3.05. The van der Waals surface area contributed by atoms with Crippen molar-refractivity contribution in [2.75, 3.05) is 0 Å². The van der Waals surface area contributed by atoms with Gasteiger partial charge < -0.3 is 0 Å². The van der Waals surface area contributed by atoms with E-state index in [1.807, 2.05) is 30.3 Å². The molecule has 0 saturated carbocycles. The third-order valence-corrected chi connectivity index (χ3v) is 3.85. The summed E-state index contributed by atoms with van der Waals surface area (Å²) >= 11 is 7.11. The molecule has 1 unspecified atom stereocenters. The van der Waals surface area contributed by atoms with Crippen LogP contribution in [0.2, 0.25) is 5.02 Å². The molecule has 1 aromatic heterocycles. The van der Waals surface area contributed by atoms with Gasteiger partial charge in [0.05, 0.1) is 10.0 Å². The molecule has 6 heteroatoms. The van der Waals surface area contributed by atoms with E-state index < -0.39 is 5.25 Å². The molecule has 4 nitrogen and oxygen atoms in total. The van der Waals surface area contributed by atoms with Gasteiger partial charge in [-0.15, -0.1) is 0 Å². The van der Waals surface area contributed by atoms with Gasteiger partial charge >= 0.3 is 0 Å². The van der Waals surface area contributed by atoms with Gasteiger partial charge in [-0.1, -0.05) is 53.7 Å². The number of nitrogens with two attached hydrogens (primary N) is 1. The average molecular weight is 294 g/mol. The number of nitrogens with zero attached hydrogens (tertiary/aromatic N) is 1. The zero-order valence-corrected chi connectivity index (χ0v) is 11.5. The summed E-state index contributed by atoms with van der Waals surface area (Å²) in [6.45, 7) is 0. The Kier molecular flexibility index (Phi) is 4.79. The summed E-state index contributed by atoms with van der Waals surface area (Å²) in [6, 6.07) is 12.9. The van der Waals surface area contributed by atoms with Crippen LogP contribution in [-0.4, -0.2) is 10.9 Å². The van der Waals surface area contributed by atoms with Crippen molar-refractivity contribution in [1.29, 1.82) is 0 Å². The predicted molar refractivity (Wildman–Crippen MR) is 76.6 cm³/mol. The molecule has 0 spiro atoms. The smallest absolute Gasteiger partial charge is 0.251 e. The lowest BCUT2D eigenvalue weighted by molar-refractivity contribution is -0.120. The molecule has 2 rings (SSSR count). The molecule has 0 radical (unpaired) electrons. The summed E-state index contributed by atoms with van der Waals surface area (Å²) in [5.74, 6) is 4.96. The topological polar surface area (TPSA) is 68.0 Å². The van der Waals surface area contributed by atoms with E-state index in [0.717, 1.165) is 5.56 Å². The van der Waals surface area contributed by atoms with E-state index in [2.05, 4.69) is 10.4 Å². The highest BCUT2D eigenvalue weighted by atomic mass is 35.5. The molecule has 3 N–H and O–H groups in total. The van der Waals surface area contributed by atoms with Gasteiger partial charge in [-0.3, -0.25) is 10.2 Å². The maximum atomic E-state index is 11.9. The first-order valence-electron chi connectivity index (χ1n) is 5.54. The quantitative estimate of drug-likeness (QED) is 0.393. The standard InChI is InChI=1S/C13H12ClN3OS/c14-10-6-7-11(16-8-10)19-12(13(18)17-15)9-4-2-1-3-5-9/h1-8,12H,15H2,(H,17,18). The number of amides is 1. The van der Waals surface area contributed by atoms with Crippen LogP contribution in [0.1, 0.15) is 10.8 Å². The molecular formula is C13H12ClN3OS. The highest BCUT2D eigenvalue weighted by Gasteiger charge is 2.21. The second kappa shape index (κ2) is 6.56. The number of rotatable bonds is 4. The number of hydrazine groups is 1. The second-order valence-electron chi connectivity index (χ2n) is 3.73. The first kappa shape index (κ1) is 13.9. The lowest BCUT2D eigenvalue weighted by Crippen LogP contribution is -2.33. The zero-order chi connectivity index (χ0) is 13.7. The van der Waals surface area contributed by atoms with E-state index in [1.165, 1.54) is 11.8 Å². The number of nitrogens with one attached hydrogen (secondary N) is 1. The van der Waals surface area contributed by atoms with Crippen LogP contribution < -0.4 is 11.3 Å².